The predicted molar refractivity (Wildman–Crippen MR) is 84.1 cm³/mol. The first-order valence-corrected chi connectivity index (χ1v) is 7.63. The summed E-state index contributed by atoms with van der Waals surface area (Å²) in [6, 6.07) is 8.83. The van der Waals surface area contributed by atoms with Gasteiger partial charge in [-0.15, -0.1) is 0 Å². The van der Waals surface area contributed by atoms with Crippen molar-refractivity contribution >= 4 is 11.4 Å². The van der Waals surface area contributed by atoms with Crippen molar-refractivity contribution in [3.63, 3.8) is 0 Å². The van der Waals surface area contributed by atoms with E-state index in [4.69, 9.17) is 0 Å². The number of nitrogens with zero attached hydrogens (tertiary/aromatic N) is 1. The average Bonchev–Trinajstić information content (AvgIpc) is 2.49. The van der Waals surface area contributed by atoms with Gasteiger partial charge in [0.15, 0.2) is 0 Å². The molecule has 0 aliphatic carbocycles. The highest BCUT2D eigenvalue weighted by atomic mass is 15.1. The molecule has 3 heteroatoms. The van der Waals surface area contributed by atoms with Crippen molar-refractivity contribution in [2.24, 2.45) is 5.92 Å². The summed E-state index contributed by atoms with van der Waals surface area (Å²) >= 11 is 0. The van der Waals surface area contributed by atoms with Crippen LogP contribution in [-0.4, -0.2) is 32.7 Å². The van der Waals surface area contributed by atoms with E-state index in [0.29, 0.717) is 0 Å². The molecule has 2 N–H and O–H groups in total. The monoisotopic (exact) mass is 261 g/mol. The number of piperidine rings is 1. The van der Waals surface area contributed by atoms with Gasteiger partial charge in [-0.1, -0.05) is 0 Å². The highest BCUT2D eigenvalue weighted by molar-refractivity contribution is 5.55. The van der Waals surface area contributed by atoms with E-state index >= 15 is 0 Å². The van der Waals surface area contributed by atoms with E-state index in [1.54, 1.807) is 0 Å². The van der Waals surface area contributed by atoms with Crippen LogP contribution in [-0.2, 0) is 0 Å². The van der Waals surface area contributed by atoms with Gasteiger partial charge in [-0.2, -0.15) is 0 Å². The molecular formula is C16H27N3. The molecule has 0 amide bonds. The molecule has 1 atom stereocenters. The lowest BCUT2D eigenvalue weighted by atomic mass is 10.00. The van der Waals surface area contributed by atoms with Gasteiger partial charge >= 0.3 is 0 Å². The van der Waals surface area contributed by atoms with Crippen LogP contribution in [0.4, 0.5) is 11.4 Å². The molecule has 0 bridgehead atoms. The van der Waals surface area contributed by atoms with E-state index in [2.05, 4.69) is 53.6 Å². The largest absolute Gasteiger partial charge is 0.385 e. The molecule has 3 nitrogen and oxygen atoms in total. The van der Waals surface area contributed by atoms with Crippen LogP contribution in [0.25, 0.3) is 0 Å². The highest BCUT2D eigenvalue weighted by Crippen LogP contribution is 2.18. The number of hydrogen-bond acceptors (Lipinski definition) is 3. The van der Waals surface area contributed by atoms with Gasteiger partial charge in [0, 0.05) is 31.0 Å². The maximum atomic E-state index is 3.56. The van der Waals surface area contributed by atoms with E-state index in [9.17, 15) is 0 Å². The van der Waals surface area contributed by atoms with Crippen LogP contribution < -0.4 is 15.5 Å². The maximum absolute atomic E-state index is 3.56. The van der Waals surface area contributed by atoms with Crippen LogP contribution in [0.15, 0.2) is 24.3 Å². The zero-order valence-corrected chi connectivity index (χ0v) is 12.3. The normalized spacial score (nSPS) is 19.2. The van der Waals surface area contributed by atoms with Crippen molar-refractivity contribution in [3.05, 3.63) is 24.3 Å². The SMILES string of the molecule is CCN(CC)c1ccc(NCC2CCCNC2)cc1. The lowest BCUT2D eigenvalue weighted by Crippen LogP contribution is -2.33. The van der Waals surface area contributed by atoms with Crippen molar-refractivity contribution in [3.8, 4) is 0 Å². The molecule has 19 heavy (non-hydrogen) atoms. The first-order chi connectivity index (χ1) is 9.33. The first kappa shape index (κ1) is 14.2. The molecule has 1 unspecified atom stereocenters. The Balaban J connectivity index is 1.84. The maximum Gasteiger partial charge on any atom is 0.0367 e. The minimum absolute atomic E-state index is 0.774. The summed E-state index contributed by atoms with van der Waals surface area (Å²) in [5.41, 5.74) is 2.55. The molecule has 1 aromatic rings. The van der Waals surface area contributed by atoms with E-state index in [1.807, 2.05) is 0 Å². The Morgan fingerprint density at radius 3 is 2.53 bits per heavy atom. The fraction of sp³-hybridized carbons (Fsp3) is 0.625. The molecule has 0 saturated carbocycles. The van der Waals surface area contributed by atoms with Gasteiger partial charge < -0.3 is 15.5 Å². The Kier molecular flexibility index (Phi) is 5.52. The molecule has 0 aromatic heterocycles. The Hall–Kier alpha value is -1.22. The molecule has 106 valence electrons. The van der Waals surface area contributed by atoms with Crippen LogP contribution in [0.3, 0.4) is 0 Å². The van der Waals surface area contributed by atoms with Crippen LogP contribution in [0.5, 0.6) is 0 Å². The van der Waals surface area contributed by atoms with E-state index in [-0.39, 0.29) is 0 Å². The zero-order chi connectivity index (χ0) is 13.5. The molecule has 1 fully saturated rings. The minimum Gasteiger partial charge on any atom is -0.385 e. The molecule has 1 heterocycles. The highest BCUT2D eigenvalue weighted by Gasteiger charge is 2.12. The zero-order valence-electron chi connectivity index (χ0n) is 12.3. The van der Waals surface area contributed by atoms with Gasteiger partial charge in [-0.3, -0.25) is 0 Å². The van der Waals surface area contributed by atoms with Crippen molar-refractivity contribution < 1.29 is 0 Å². The van der Waals surface area contributed by atoms with Crippen molar-refractivity contribution in [2.75, 3.05) is 42.9 Å². The molecule has 1 saturated heterocycles. The second-order valence-electron chi connectivity index (χ2n) is 5.31. The Bertz CT molecular complexity index is 351. The third-order valence-corrected chi connectivity index (χ3v) is 3.99. The van der Waals surface area contributed by atoms with Crippen molar-refractivity contribution in [1.29, 1.82) is 0 Å². The Morgan fingerprint density at radius 1 is 1.21 bits per heavy atom. The van der Waals surface area contributed by atoms with Gasteiger partial charge in [-0.05, 0) is 70.0 Å². The summed E-state index contributed by atoms with van der Waals surface area (Å²) in [6.45, 7) is 9.96. The molecular weight excluding hydrogens is 234 g/mol. The van der Waals surface area contributed by atoms with Crippen molar-refractivity contribution in [2.45, 2.75) is 26.7 Å². The molecule has 1 aliphatic heterocycles. The summed E-state index contributed by atoms with van der Waals surface area (Å²) in [5.74, 6) is 0.774. The van der Waals surface area contributed by atoms with E-state index < -0.39 is 0 Å². The number of hydrogen-bond donors (Lipinski definition) is 2. The average molecular weight is 261 g/mol. The second kappa shape index (κ2) is 7.39. The quantitative estimate of drug-likeness (QED) is 0.824. The smallest absolute Gasteiger partial charge is 0.0367 e. The number of nitrogens with one attached hydrogen (secondary N) is 2. The van der Waals surface area contributed by atoms with Crippen LogP contribution in [0, 0.1) is 5.92 Å². The number of benzene rings is 1. The van der Waals surface area contributed by atoms with Crippen LogP contribution >= 0.6 is 0 Å². The van der Waals surface area contributed by atoms with Gasteiger partial charge in [0.05, 0.1) is 0 Å². The minimum atomic E-state index is 0.774. The van der Waals surface area contributed by atoms with Crippen LogP contribution in [0.1, 0.15) is 26.7 Å². The predicted octanol–water partition coefficient (Wildman–Crippen LogP) is 2.94. The first-order valence-electron chi connectivity index (χ1n) is 7.63. The fourth-order valence-electron chi connectivity index (χ4n) is 2.74. The topological polar surface area (TPSA) is 27.3 Å². The Morgan fingerprint density at radius 2 is 1.95 bits per heavy atom. The summed E-state index contributed by atoms with van der Waals surface area (Å²) in [6.07, 6.45) is 2.66. The molecule has 1 aliphatic rings. The number of anilines is 2. The Labute approximate surface area is 117 Å². The third-order valence-electron chi connectivity index (χ3n) is 3.99. The van der Waals surface area contributed by atoms with E-state index in [0.717, 1.165) is 32.1 Å². The molecule has 0 spiro atoms. The van der Waals surface area contributed by atoms with E-state index in [1.165, 1.54) is 30.8 Å². The molecule has 1 aromatic carbocycles. The van der Waals surface area contributed by atoms with Crippen LogP contribution in [0.2, 0.25) is 0 Å². The molecule has 2 rings (SSSR count). The summed E-state index contributed by atoms with van der Waals surface area (Å²) < 4.78 is 0. The lowest BCUT2D eigenvalue weighted by molar-refractivity contribution is 0.393. The third kappa shape index (κ3) is 4.13. The van der Waals surface area contributed by atoms with Crippen molar-refractivity contribution in [1.82, 2.24) is 5.32 Å². The lowest BCUT2D eigenvalue weighted by Gasteiger charge is -2.24. The van der Waals surface area contributed by atoms with Gasteiger partial charge in [0.2, 0.25) is 0 Å². The summed E-state index contributed by atoms with van der Waals surface area (Å²) in [4.78, 5) is 2.37. The molecule has 0 radical (unpaired) electrons. The van der Waals surface area contributed by atoms with Gasteiger partial charge in [-0.25, -0.2) is 0 Å². The summed E-state index contributed by atoms with van der Waals surface area (Å²) in [7, 11) is 0. The van der Waals surface area contributed by atoms with Gasteiger partial charge in [0.25, 0.3) is 0 Å². The second-order valence-corrected chi connectivity index (χ2v) is 5.31. The fourth-order valence-corrected chi connectivity index (χ4v) is 2.74. The number of rotatable bonds is 6. The standard InChI is InChI=1S/C16H27N3/c1-3-19(4-2)16-9-7-15(8-10-16)18-13-14-6-5-11-17-12-14/h7-10,14,17-18H,3-6,11-13H2,1-2H3. The van der Waals surface area contributed by atoms with Gasteiger partial charge in [0.1, 0.15) is 0 Å². The summed E-state index contributed by atoms with van der Waals surface area (Å²) in [5, 5.41) is 7.02.